The van der Waals surface area contributed by atoms with E-state index in [-0.39, 0.29) is 11.4 Å². The first-order chi connectivity index (χ1) is 10.5. The SMILES string of the molecule is CCCNc1nc(C)cc(C(=O)Nc2ccc(F)cc2F)n1. The summed E-state index contributed by atoms with van der Waals surface area (Å²) in [5.41, 5.74) is 0.610. The van der Waals surface area contributed by atoms with Crippen molar-refractivity contribution in [1.29, 1.82) is 0 Å². The van der Waals surface area contributed by atoms with Crippen LogP contribution in [-0.4, -0.2) is 22.4 Å². The molecule has 1 aromatic carbocycles. The van der Waals surface area contributed by atoms with Gasteiger partial charge in [0.2, 0.25) is 5.95 Å². The van der Waals surface area contributed by atoms with Gasteiger partial charge in [0, 0.05) is 18.3 Å². The lowest BCUT2D eigenvalue weighted by Gasteiger charge is -2.09. The number of hydrogen-bond donors (Lipinski definition) is 2. The zero-order chi connectivity index (χ0) is 16.1. The Morgan fingerprint density at radius 2 is 2.00 bits per heavy atom. The second kappa shape index (κ2) is 6.93. The monoisotopic (exact) mass is 306 g/mol. The summed E-state index contributed by atoms with van der Waals surface area (Å²) in [6, 6.07) is 4.42. The highest BCUT2D eigenvalue weighted by atomic mass is 19.1. The molecule has 0 saturated carbocycles. The first-order valence-electron chi connectivity index (χ1n) is 6.85. The molecule has 0 fully saturated rings. The van der Waals surface area contributed by atoms with Crippen molar-refractivity contribution in [1.82, 2.24) is 9.97 Å². The number of nitrogens with zero attached hydrogens (tertiary/aromatic N) is 2. The van der Waals surface area contributed by atoms with Gasteiger partial charge < -0.3 is 10.6 Å². The Morgan fingerprint density at radius 1 is 1.23 bits per heavy atom. The molecule has 2 rings (SSSR count). The van der Waals surface area contributed by atoms with E-state index in [0.29, 0.717) is 24.3 Å². The number of aromatic nitrogens is 2. The topological polar surface area (TPSA) is 66.9 Å². The van der Waals surface area contributed by atoms with Crippen LogP contribution in [0.1, 0.15) is 29.5 Å². The van der Waals surface area contributed by atoms with Crippen molar-refractivity contribution in [3.8, 4) is 0 Å². The number of aryl methyl sites for hydroxylation is 1. The van der Waals surface area contributed by atoms with Crippen LogP contribution in [-0.2, 0) is 0 Å². The quantitative estimate of drug-likeness (QED) is 0.890. The van der Waals surface area contributed by atoms with Gasteiger partial charge in [-0.1, -0.05) is 6.92 Å². The van der Waals surface area contributed by atoms with Gasteiger partial charge in [0.15, 0.2) is 0 Å². The zero-order valence-electron chi connectivity index (χ0n) is 12.3. The summed E-state index contributed by atoms with van der Waals surface area (Å²) in [5.74, 6) is -1.80. The summed E-state index contributed by atoms with van der Waals surface area (Å²) < 4.78 is 26.4. The lowest BCUT2D eigenvalue weighted by molar-refractivity contribution is 0.102. The molecule has 7 heteroatoms. The number of benzene rings is 1. The Balaban J connectivity index is 2.20. The molecule has 0 spiro atoms. The Bertz CT molecular complexity index is 691. The van der Waals surface area contributed by atoms with Crippen molar-refractivity contribution < 1.29 is 13.6 Å². The van der Waals surface area contributed by atoms with E-state index in [1.54, 1.807) is 6.92 Å². The number of halogens is 2. The average molecular weight is 306 g/mol. The van der Waals surface area contributed by atoms with Gasteiger partial charge in [0.25, 0.3) is 5.91 Å². The zero-order valence-corrected chi connectivity index (χ0v) is 12.3. The van der Waals surface area contributed by atoms with Gasteiger partial charge in [-0.3, -0.25) is 4.79 Å². The highest BCUT2D eigenvalue weighted by Gasteiger charge is 2.13. The van der Waals surface area contributed by atoms with E-state index in [0.717, 1.165) is 18.6 Å². The number of amides is 1. The molecule has 0 unspecified atom stereocenters. The van der Waals surface area contributed by atoms with Crippen LogP contribution in [0.15, 0.2) is 24.3 Å². The van der Waals surface area contributed by atoms with Crippen molar-refractivity contribution in [2.45, 2.75) is 20.3 Å². The van der Waals surface area contributed by atoms with Crippen LogP contribution in [0.25, 0.3) is 0 Å². The summed E-state index contributed by atoms with van der Waals surface area (Å²) in [7, 11) is 0. The van der Waals surface area contributed by atoms with Gasteiger partial charge in [-0.25, -0.2) is 18.7 Å². The van der Waals surface area contributed by atoms with E-state index in [1.165, 1.54) is 6.07 Å². The molecule has 1 amide bonds. The molecule has 0 aliphatic carbocycles. The molecule has 1 heterocycles. The lowest BCUT2D eigenvalue weighted by atomic mass is 10.2. The Morgan fingerprint density at radius 3 is 2.68 bits per heavy atom. The van der Waals surface area contributed by atoms with E-state index in [4.69, 9.17) is 0 Å². The van der Waals surface area contributed by atoms with E-state index in [1.807, 2.05) is 6.92 Å². The number of carbonyl (C=O) groups is 1. The minimum atomic E-state index is -0.844. The third-order valence-corrected chi connectivity index (χ3v) is 2.80. The summed E-state index contributed by atoms with van der Waals surface area (Å²) in [4.78, 5) is 20.4. The molecule has 1 aromatic heterocycles. The van der Waals surface area contributed by atoms with E-state index >= 15 is 0 Å². The fraction of sp³-hybridized carbons (Fsp3) is 0.267. The maximum absolute atomic E-state index is 13.6. The molecule has 0 saturated heterocycles. The summed E-state index contributed by atoms with van der Waals surface area (Å²) in [6.45, 7) is 4.40. The van der Waals surface area contributed by atoms with Gasteiger partial charge in [0.1, 0.15) is 17.3 Å². The average Bonchev–Trinajstić information content (AvgIpc) is 2.47. The molecule has 116 valence electrons. The molecule has 0 radical (unpaired) electrons. The van der Waals surface area contributed by atoms with Gasteiger partial charge >= 0.3 is 0 Å². The first kappa shape index (κ1) is 15.8. The van der Waals surface area contributed by atoms with Crippen LogP contribution >= 0.6 is 0 Å². The first-order valence-corrected chi connectivity index (χ1v) is 6.85. The molecular formula is C15H16F2N4O. The number of nitrogens with one attached hydrogen (secondary N) is 2. The fourth-order valence-electron chi connectivity index (χ4n) is 1.78. The second-order valence-corrected chi connectivity index (χ2v) is 4.72. The van der Waals surface area contributed by atoms with Crippen LogP contribution in [0, 0.1) is 18.6 Å². The van der Waals surface area contributed by atoms with Crippen molar-refractivity contribution in [3.05, 3.63) is 47.3 Å². The highest BCUT2D eigenvalue weighted by molar-refractivity contribution is 6.03. The maximum Gasteiger partial charge on any atom is 0.274 e. The number of carbonyl (C=O) groups excluding carboxylic acids is 1. The van der Waals surface area contributed by atoms with Crippen LogP contribution in [0.3, 0.4) is 0 Å². The van der Waals surface area contributed by atoms with E-state index in [2.05, 4.69) is 20.6 Å². The Kier molecular flexibility index (Phi) is 4.98. The predicted octanol–water partition coefficient (Wildman–Crippen LogP) is 3.14. The minimum absolute atomic E-state index is 0.106. The van der Waals surface area contributed by atoms with Gasteiger partial charge in [0.05, 0.1) is 5.69 Å². The molecule has 0 aliphatic rings. The third kappa shape index (κ3) is 3.97. The second-order valence-electron chi connectivity index (χ2n) is 4.72. The molecule has 2 aromatic rings. The summed E-state index contributed by atoms with van der Waals surface area (Å²) >= 11 is 0. The number of anilines is 2. The molecule has 22 heavy (non-hydrogen) atoms. The van der Waals surface area contributed by atoms with Crippen LogP contribution in [0.5, 0.6) is 0 Å². The van der Waals surface area contributed by atoms with Crippen LogP contribution in [0.2, 0.25) is 0 Å². The summed E-state index contributed by atoms with van der Waals surface area (Å²) in [6.07, 6.45) is 0.889. The van der Waals surface area contributed by atoms with E-state index in [9.17, 15) is 13.6 Å². The largest absolute Gasteiger partial charge is 0.354 e. The fourth-order valence-corrected chi connectivity index (χ4v) is 1.78. The van der Waals surface area contributed by atoms with Crippen molar-refractivity contribution in [2.75, 3.05) is 17.2 Å². The molecule has 2 N–H and O–H groups in total. The molecule has 5 nitrogen and oxygen atoms in total. The minimum Gasteiger partial charge on any atom is -0.354 e. The highest BCUT2D eigenvalue weighted by Crippen LogP contribution is 2.16. The van der Waals surface area contributed by atoms with Gasteiger partial charge in [-0.15, -0.1) is 0 Å². The van der Waals surface area contributed by atoms with Crippen LogP contribution in [0.4, 0.5) is 20.4 Å². The smallest absolute Gasteiger partial charge is 0.274 e. The summed E-state index contributed by atoms with van der Waals surface area (Å²) in [5, 5.41) is 5.35. The van der Waals surface area contributed by atoms with Crippen molar-refractivity contribution >= 4 is 17.5 Å². The van der Waals surface area contributed by atoms with Gasteiger partial charge in [-0.05, 0) is 31.5 Å². The van der Waals surface area contributed by atoms with Gasteiger partial charge in [-0.2, -0.15) is 0 Å². The lowest BCUT2D eigenvalue weighted by Crippen LogP contribution is -2.17. The third-order valence-electron chi connectivity index (χ3n) is 2.80. The molecule has 0 bridgehead atoms. The van der Waals surface area contributed by atoms with Crippen molar-refractivity contribution in [2.24, 2.45) is 0 Å². The van der Waals surface area contributed by atoms with E-state index < -0.39 is 17.5 Å². The van der Waals surface area contributed by atoms with Crippen molar-refractivity contribution in [3.63, 3.8) is 0 Å². The Hall–Kier alpha value is -2.57. The molecule has 0 atom stereocenters. The Labute approximate surface area is 126 Å². The molecule has 0 aliphatic heterocycles. The molecular weight excluding hydrogens is 290 g/mol. The van der Waals surface area contributed by atoms with Crippen LogP contribution < -0.4 is 10.6 Å². The maximum atomic E-state index is 13.6. The predicted molar refractivity (Wildman–Crippen MR) is 79.9 cm³/mol. The number of hydrogen-bond acceptors (Lipinski definition) is 4. The number of rotatable bonds is 5. The standard InChI is InChI=1S/C15H16F2N4O/c1-3-6-18-15-19-9(2)7-13(21-15)14(22)20-12-5-4-10(16)8-11(12)17/h4-5,7-8H,3,6H2,1-2H3,(H,20,22)(H,18,19,21). The normalized spacial score (nSPS) is 10.4.